The minimum atomic E-state index is 1.28. The zero-order valence-electron chi connectivity index (χ0n) is 6.28. The quantitative estimate of drug-likeness (QED) is 0.514. The molecule has 0 unspecified atom stereocenters. The molecule has 0 fully saturated rings. The van der Waals surface area contributed by atoms with E-state index >= 15 is 0 Å². The van der Waals surface area contributed by atoms with E-state index in [1.165, 1.54) is 29.3 Å². The minimum absolute atomic E-state index is 1.28. The fourth-order valence-corrected chi connectivity index (χ4v) is 1.07. The monoisotopic (exact) mass is 238 g/mol. The lowest BCUT2D eigenvalue weighted by atomic mass is 10.2. The Balaban J connectivity index is 3.07. The molecule has 0 aromatic heterocycles. The molecular weight excluding hydrogens is 223 g/mol. The lowest BCUT2D eigenvalue weighted by Gasteiger charge is -1.95. The summed E-state index contributed by atoms with van der Waals surface area (Å²) in [6.07, 6.45) is 7.54. The summed E-state index contributed by atoms with van der Waals surface area (Å²) in [4.78, 5) is 0. The van der Waals surface area contributed by atoms with Crippen molar-refractivity contribution in [3.63, 3.8) is 0 Å². The first kappa shape index (κ1) is 9.47. The maximum absolute atomic E-state index is 2.41. The van der Waals surface area contributed by atoms with E-state index in [0.29, 0.717) is 0 Å². The summed E-state index contributed by atoms with van der Waals surface area (Å²) in [5.74, 6) is 0. The zero-order valence-corrected chi connectivity index (χ0v) is 8.44. The fourth-order valence-electron chi connectivity index (χ4n) is 0.688. The molecule has 0 N–H and O–H groups in total. The molecule has 0 saturated heterocycles. The molecular formula is C8H15I. The van der Waals surface area contributed by atoms with Gasteiger partial charge in [0.1, 0.15) is 0 Å². The van der Waals surface area contributed by atoms with Crippen LogP contribution in [0.3, 0.4) is 0 Å². The van der Waals surface area contributed by atoms with Crippen LogP contribution >= 0.6 is 22.6 Å². The van der Waals surface area contributed by atoms with Gasteiger partial charge in [-0.05, 0) is 45.9 Å². The van der Waals surface area contributed by atoms with Gasteiger partial charge in [-0.1, -0.05) is 25.8 Å². The van der Waals surface area contributed by atoms with Crippen LogP contribution in [0.15, 0.2) is 9.66 Å². The van der Waals surface area contributed by atoms with Crippen LogP contribution in [-0.2, 0) is 0 Å². The molecule has 0 aliphatic heterocycles. The van der Waals surface area contributed by atoms with E-state index < -0.39 is 0 Å². The highest BCUT2D eigenvalue weighted by Crippen LogP contribution is 2.14. The van der Waals surface area contributed by atoms with Crippen molar-refractivity contribution in [3.05, 3.63) is 9.66 Å². The molecule has 0 aromatic carbocycles. The standard InChI is InChI=1S/C8H15I/c1-3-5-6-7-8(9)4-2/h4H,3,5-7H2,1-2H3/b8-4+. The largest absolute Gasteiger partial charge is 0.0784 e. The maximum atomic E-state index is 2.41. The van der Waals surface area contributed by atoms with Crippen LogP contribution in [0.1, 0.15) is 39.5 Å². The molecule has 0 nitrogen and oxygen atoms in total. The predicted octanol–water partition coefficient (Wildman–Crippen LogP) is 3.91. The number of allylic oxidation sites excluding steroid dienone is 2. The van der Waals surface area contributed by atoms with E-state index in [-0.39, 0.29) is 0 Å². The van der Waals surface area contributed by atoms with Crippen LogP contribution < -0.4 is 0 Å². The van der Waals surface area contributed by atoms with E-state index in [0.717, 1.165) is 0 Å². The minimum Gasteiger partial charge on any atom is -0.0784 e. The van der Waals surface area contributed by atoms with Gasteiger partial charge < -0.3 is 0 Å². The van der Waals surface area contributed by atoms with E-state index in [1.54, 1.807) is 0 Å². The SMILES string of the molecule is C/C=C(/I)CCCCC. The summed E-state index contributed by atoms with van der Waals surface area (Å²) < 4.78 is 1.50. The van der Waals surface area contributed by atoms with Gasteiger partial charge in [0.05, 0.1) is 0 Å². The van der Waals surface area contributed by atoms with Crippen LogP contribution in [0.2, 0.25) is 0 Å². The van der Waals surface area contributed by atoms with E-state index in [2.05, 4.69) is 42.5 Å². The van der Waals surface area contributed by atoms with E-state index in [9.17, 15) is 0 Å². The average molecular weight is 238 g/mol. The Bertz CT molecular complexity index is 84.6. The highest BCUT2D eigenvalue weighted by Gasteiger charge is 1.88. The number of hydrogen-bond acceptors (Lipinski definition) is 0. The maximum Gasteiger partial charge on any atom is -0.0137 e. The number of unbranched alkanes of at least 4 members (excludes halogenated alkanes) is 2. The van der Waals surface area contributed by atoms with Crippen molar-refractivity contribution in [2.75, 3.05) is 0 Å². The Morgan fingerprint density at radius 1 is 1.44 bits per heavy atom. The molecule has 9 heavy (non-hydrogen) atoms. The molecule has 0 saturated carbocycles. The third-order valence-corrected chi connectivity index (χ3v) is 2.49. The van der Waals surface area contributed by atoms with Crippen LogP contribution in [-0.4, -0.2) is 0 Å². The lowest BCUT2D eigenvalue weighted by molar-refractivity contribution is 0.727. The molecule has 0 rings (SSSR count). The Morgan fingerprint density at radius 2 is 2.11 bits per heavy atom. The Hall–Kier alpha value is 0.470. The summed E-state index contributed by atoms with van der Waals surface area (Å²) in [5.41, 5.74) is 0. The van der Waals surface area contributed by atoms with Crippen molar-refractivity contribution in [2.45, 2.75) is 39.5 Å². The molecule has 0 aliphatic rings. The molecule has 54 valence electrons. The van der Waals surface area contributed by atoms with Crippen molar-refractivity contribution < 1.29 is 0 Å². The van der Waals surface area contributed by atoms with Gasteiger partial charge >= 0.3 is 0 Å². The second-order valence-corrected chi connectivity index (χ2v) is 3.58. The van der Waals surface area contributed by atoms with Gasteiger partial charge in [0.25, 0.3) is 0 Å². The Kier molecular flexibility index (Phi) is 6.93. The van der Waals surface area contributed by atoms with Crippen molar-refractivity contribution in [3.8, 4) is 0 Å². The van der Waals surface area contributed by atoms with Gasteiger partial charge in [0.15, 0.2) is 0 Å². The van der Waals surface area contributed by atoms with Crippen molar-refractivity contribution >= 4 is 22.6 Å². The second kappa shape index (κ2) is 6.59. The van der Waals surface area contributed by atoms with Gasteiger partial charge in [-0.3, -0.25) is 0 Å². The summed E-state index contributed by atoms with van der Waals surface area (Å²) >= 11 is 2.41. The molecule has 0 atom stereocenters. The van der Waals surface area contributed by atoms with Gasteiger partial charge in [0, 0.05) is 0 Å². The van der Waals surface area contributed by atoms with Gasteiger partial charge in [-0.15, -0.1) is 0 Å². The normalized spacial score (nSPS) is 12.1. The fraction of sp³-hybridized carbons (Fsp3) is 0.750. The van der Waals surface area contributed by atoms with E-state index in [1.807, 2.05) is 0 Å². The van der Waals surface area contributed by atoms with Gasteiger partial charge in [-0.2, -0.15) is 0 Å². The highest BCUT2D eigenvalue weighted by molar-refractivity contribution is 14.1. The first-order valence-electron chi connectivity index (χ1n) is 3.62. The second-order valence-electron chi connectivity index (χ2n) is 2.19. The van der Waals surface area contributed by atoms with Crippen LogP contribution in [0, 0.1) is 0 Å². The molecule has 0 aromatic rings. The number of halogens is 1. The molecule has 0 aliphatic carbocycles. The van der Waals surface area contributed by atoms with Crippen molar-refractivity contribution in [1.82, 2.24) is 0 Å². The Labute approximate surface area is 71.9 Å². The van der Waals surface area contributed by atoms with Crippen molar-refractivity contribution in [1.29, 1.82) is 0 Å². The third-order valence-electron chi connectivity index (χ3n) is 1.33. The van der Waals surface area contributed by atoms with Crippen LogP contribution in [0.4, 0.5) is 0 Å². The number of rotatable bonds is 4. The van der Waals surface area contributed by atoms with Crippen LogP contribution in [0.25, 0.3) is 0 Å². The molecule has 0 heterocycles. The summed E-state index contributed by atoms with van der Waals surface area (Å²) in [6.45, 7) is 4.34. The highest BCUT2D eigenvalue weighted by atomic mass is 127. The molecule has 0 spiro atoms. The zero-order chi connectivity index (χ0) is 7.11. The third kappa shape index (κ3) is 6.35. The summed E-state index contributed by atoms with van der Waals surface area (Å²) in [5, 5.41) is 0. The molecule has 1 heteroatoms. The molecule has 0 bridgehead atoms. The van der Waals surface area contributed by atoms with Crippen LogP contribution in [0.5, 0.6) is 0 Å². The number of hydrogen-bond donors (Lipinski definition) is 0. The van der Waals surface area contributed by atoms with Crippen molar-refractivity contribution in [2.24, 2.45) is 0 Å². The smallest absolute Gasteiger partial charge is 0.0137 e. The molecule has 0 radical (unpaired) electrons. The first-order valence-corrected chi connectivity index (χ1v) is 4.69. The van der Waals surface area contributed by atoms with Gasteiger partial charge in [0.2, 0.25) is 0 Å². The average Bonchev–Trinajstić information content (AvgIpc) is 1.89. The predicted molar refractivity (Wildman–Crippen MR) is 51.9 cm³/mol. The summed E-state index contributed by atoms with van der Waals surface area (Å²) in [7, 11) is 0. The molecule has 0 amide bonds. The van der Waals surface area contributed by atoms with Gasteiger partial charge in [-0.25, -0.2) is 0 Å². The van der Waals surface area contributed by atoms with E-state index in [4.69, 9.17) is 0 Å². The first-order chi connectivity index (χ1) is 4.31. The summed E-state index contributed by atoms with van der Waals surface area (Å²) in [6, 6.07) is 0. The Morgan fingerprint density at radius 3 is 2.56 bits per heavy atom. The topological polar surface area (TPSA) is 0 Å². The lowest BCUT2D eigenvalue weighted by Crippen LogP contribution is -1.73.